The first-order valence-electron chi connectivity index (χ1n) is 11.1. The van der Waals surface area contributed by atoms with Crippen molar-refractivity contribution in [2.45, 2.75) is 44.7 Å². The first kappa shape index (κ1) is 21.4. The van der Waals surface area contributed by atoms with Gasteiger partial charge in [-0.2, -0.15) is 0 Å². The number of nitrogens with zero attached hydrogens (tertiary/aromatic N) is 3. The lowest BCUT2D eigenvalue weighted by Gasteiger charge is -2.37. The fourth-order valence-corrected chi connectivity index (χ4v) is 5.01. The molecule has 7 heteroatoms. The number of aryl methyl sites for hydroxylation is 1. The fourth-order valence-electron chi connectivity index (χ4n) is 5.01. The van der Waals surface area contributed by atoms with Gasteiger partial charge in [-0.1, -0.05) is 12.1 Å². The largest absolute Gasteiger partial charge is 0.495 e. The van der Waals surface area contributed by atoms with E-state index in [9.17, 15) is 13.6 Å². The van der Waals surface area contributed by atoms with Gasteiger partial charge < -0.3 is 14.2 Å². The summed E-state index contributed by atoms with van der Waals surface area (Å²) < 4.78 is 34.8. The molecule has 5 rings (SSSR count). The zero-order valence-electron chi connectivity index (χ0n) is 18.6. The molecule has 0 spiro atoms. The minimum atomic E-state index is -0.877. The summed E-state index contributed by atoms with van der Waals surface area (Å²) in [5.41, 5.74) is 4.03. The molecule has 0 radical (unpaired) electrons. The van der Waals surface area contributed by atoms with E-state index in [2.05, 4.69) is 4.98 Å². The molecule has 5 nitrogen and oxygen atoms in total. The molecule has 0 unspecified atom stereocenters. The molecule has 2 aromatic carbocycles. The monoisotopic (exact) mass is 449 g/mol. The molecule has 3 heterocycles. The van der Waals surface area contributed by atoms with Crippen LogP contribution in [0.2, 0.25) is 0 Å². The summed E-state index contributed by atoms with van der Waals surface area (Å²) in [4.78, 5) is 19.5. The van der Waals surface area contributed by atoms with Gasteiger partial charge in [0, 0.05) is 17.8 Å². The van der Waals surface area contributed by atoms with Gasteiger partial charge in [-0.25, -0.2) is 13.8 Å². The smallest absolute Gasteiger partial charge is 0.250 e. The lowest BCUT2D eigenvalue weighted by atomic mass is 9.91. The second kappa shape index (κ2) is 8.46. The number of hydrogen-bond acceptors (Lipinski definition) is 3. The fraction of sp³-hybridized carbons (Fsp3) is 0.308. The SMILES string of the molecule is COc1cc(/C=C2/C[C@H]3CCC[C@H](c4ccc(F)c(F)c4)N3C2=O)ccc1-n1cnc(C)c1. The lowest BCUT2D eigenvalue weighted by Crippen LogP contribution is -2.40. The molecule has 0 saturated carbocycles. The van der Waals surface area contributed by atoms with Crippen LogP contribution in [0.1, 0.15) is 48.5 Å². The Morgan fingerprint density at radius 2 is 1.97 bits per heavy atom. The maximum atomic E-state index is 13.9. The Hall–Kier alpha value is -3.48. The maximum absolute atomic E-state index is 13.9. The van der Waals surface area contributed by atoms with E-state index in [0.717, 1.165) is 47.8 Å². The topological polar surface area (TPSA) is 47.4 Å². The van der Waals surface area contributed by atoms with Gasteiger partial charge in [-0.15, -0.1) is 0 Å². The van der Waals surface area contributed by atoms with Crippen LogP contribution in [0, 0.1) is 18.6 Å². The van der Waals surface area contributed by atoms with Crippen LogP contribution in [0.15, 0.2) is 54.5 Å². The molecule has 2 saturated heterocycles. The van der Waals surface area contributed by atoms with Crippen molar-refractivity contribution in [3.8, 4) is 11.4 Å². The molecular weight excluding hydrogens is 424 g/mol. The molecular formula is C26H25F2N3O2. The second-order valence-corrected chi connectivity index (χ2v) is 8.71. The quantitative estimate of drug-likeness (QED) is 0.503. The van der Waals surface area contributed by atoms with E-state index in [0.29, 0.717) is 17.7 Å². The van der Waals surface area contributed by atoms with Crippen LogP contribution in [-0.2, 0) is 4.79 Å². The summed E-state index contributed by atoms with van der Waals surface area (Å²) in [6.45, 7) is 1.93. The van der Waals surface area contributed by atoms with Gasteiger partial charge >= 0.3 is 0 Å². The summed E-state index contributed by atoms with van der Waals surface area (Å²) >= 11 is 0. The molecule has 2 aliphatic rings. The third-order valence-corrected chi connectivity index (χ3v) is 6.57. The number of halogens is 2. The van der Waals surface area contributed by atoms with Crippen molar-refractivity contribution in [1.82, 2.24) is 14.5 Å². The summed E-state index contributed by atoms with van der Waals surface area (Å²) in [5, 5.41) is 0. The number of amides is 1. The minimum absolute atomic E-state index is 0.0392. The predicted molar refractivity (Wildman–Crippen MR) is 121 cm³/mol. The summed E-state index contributed by atoms with van der Waals surface area (Å²) in [5.74, 6) is -1.10. The molecule has 33 heavy (non-hydrogen) atoms. The molecule has 3 aromatic rings. The summed E-state index contributed by atoms with van der Waals surface area (Å²) in [6, 6.07) is 9.60. The number of carbonyl (C=O) groups excluding carboxylic acids is 1. The van der Waals surface area contributed by atoms with Crippen LogP contribution in [0.5, 0.6) is 5.75 Å². The Balaban J connectivity index is 1.44. The van der Waals surface area contributed by atoms with Gasteiger partial charge in [0.05, 0.1) is 30.9 Å². The van der Waals surface area contributed by atoms with Gasteiger partial charge in [-0.3, -0.25) is 4.79 Å². The van der Waals surface area contributed by atoms with Crippen molar-refractivity contribution in [3.63, 3.8) is 0 Å². The zero-order valence-corrected chi connectivity index (χ0v) is 18.6. The Bertz CT molecular complexity index is 1250. The highest BCUT2D eigenvalue weighted by atomic mass is 19.2. The average Bonchev–Trinajstić information content (AvgIpc) is 3.38. The van der Waals surface area contributed by atoms with Crippen molar-refractivity contribution in [2.75, 3.05) is 7.11 Å². The summed E-state index contributed by atoms with van der Waals surface area (Å²) in [7, 11) is 1.62. The van der Waals surface area contributed by atoms with Crippen molar-refractivity contribution in [1.29, 1.82) is 0 Å². The standard InChI is InChI=1S/C26H25F2N3O2/c1-16-14-30(15-29-16)24-9-6-17(11-25(24)33-2)10-19-12-20-4-3-5-23(31(20)26(19)32)18-7-8-21(27)22(28)13-18/h6-11,13-15,20,23H,3-5,12H2,1-2H3/b19-10-/t20-,23-/m1/s1. The molecule has 0 N–H and O–H groups in total. The molecule has 0 bridgehead atoms. The first-order chi connectivity index (χ1) is 15.9. The van der Waals surface area contributed by atoms with E-state index in [4.69, 9.17) is 4.74 Å². The number of benzene rings is 2. The van der Waals surface area contributed by atoms with Crippen LogP contribution < -0.4 is 4.74 Å². The molecule has 0 aliphatic carbocycles. The van der Waals surface area contributed by atoms with Crippen LogP contribution in [0.25, 0.3) is 11.8 Å². The third kappa shape index (κ3) is 3.92. The highest BCUT2D eigenvalue weighted by Crippen LogP contribution is 2.42. The van der Waals surface area contributed by atoms with E-state index in [1.807, 2.05) is 46.9 Å². The predicted octanol–water partition coefficient (Wildman–Crippen LogP) is 5.38. The number of imidazole rings is 1. The number of ether oxygens (including phenoxy) is 1. The van der Waals surface area contributed by atoms with Crippen molar-refractivity contribution in [2.24, 2.45) is 0 Å². The molecule has 1 amide bonds. The molecule has 2 atom stereocenters. The van der Waals surface area contributed by atoms with Crippen molar-refractivity contribution in [3.05, 3.63) is 83.0 Å². The number of hydrogen-bond donors (Lipinski definition) is 0. The normalized spacial score (nSPS) is 21.5. The second-order valence-electron chi connectivity index (χ2n) is 8.71. The van der Waals surface area contributed by atoms with Gasteiger partial charge in [0.2, 0.25) is 0 Å². The Kier molecular flexibility index (Phi) is 5.48. The van der Waals surface area contributed by atoms with Gasteiger partial charge in [0.25, 0.3) is 5.91 Å². The average molecular weight is 450 g/mol. The lowest BCUT2D eigenvalue weighted by molar-refractivity contribution is -0.130. The molecule has 2 aliphatic heterocycles. The summed E-state index contributed by atoms with van der Waals surface area (Å²) in [6.07, 6.45) is 8.81. The highest BCUT2D eigenvalue weighted by molar-refractivity contribution is 6.00. The number of aromatic nitrogens is 2. The van der Waals surface area contributed by atoms with Gasteiger partial charge in [-0.05, 0) is 74.1 Å². The van der Waals surface area contributed by atoms with Crippen LogP contribution >= 0.6 is 0 Å². The van der Waals surface area contributed by atoms with Crippen molar-refractivity contribution >= 4 is 12.0 Å². The number of methoxy groups -OCH3 is 1. The number of piperidine rings is 1. The molecule has 2 fully saturated rings. The van der Waals surface area contributed by atoms with E-state index in [1.54, 1.807) is 19.5 Å². The first-order valence-corrected chi connectivity index (χ1v) is 11.1. The van der Waals surface area contributed by atoms with Crippen LogP contribution in [0.4, 0.5) is 8.78 Å². The van der Waals surface area contributed by atoms with Crippen molar-refractivity contribution < 1.29 is 18.3 Å². The maximum Gasteiger partial charge on any atom is 0.250 e. The minimum Gasteiger partial charge on any atom is -0.495 e. The highest BCUT2D eigenvalue weighted by Gasteiger charge is 2.42. The Morgan fingerprint density at radius 3 is 2.70 bits per heavy atom. The Labute approximate surface area is 191 Å². The third-order valence-electron chi connectivity index (χ3n) is 6.57. The zero-order chi connectivity index (χ0) is 23.1. The van der Waals surface area contributed by atoms with E-state index < -0.39 is 11.6 Å². The van der Waals surface area contributed by atoms with E-state index in [1.165, 1.54) is 6.07 Å². The van der Waals surface area contributed by atoms with Gasteiger partial charge in [0.1, 0.15) is 5.75 Å². The Morgan fingerprint density at radius 1 is 1.12 bits per heavy atom. The van der Waals surface area contributed by atoms with Gasteiger partial charge in [0.15, 0.2) is 11.6 Å². The van der Waals surface area contributed by atoms with Crippen LogP contribution in [-0.4, -0.2) is 33.5 Å². The van der Waals surface area contributed by atoms with Crippen LogP contribution in [0.3, 0.4) is 0 Å². The number of carbonyl (C=O) groups is 1. The number of rotatable bonds is 4. The molecule has 1 aromatic heterocycles. The number of fused-ring (bicyclic) bond motifs is 1. The van der Waals surface area contributed by atoms with E-state index >= 15 is 0 Å². The van der Waals surface area contributed by atoms with E-state index in [-0.39, 0.29) is 18.0 Å². The molecule has 170 valence electrons.